The molecule has 0 aliphatic heterocycles. The quantitative estimate of drug-likeness (QED) is 0.531. The molecule has 2 N–H and O–H groups in total. The first kappa shape index (κ1) is 17.1. The number of aromatic nitrogens is 4. The summed E-state index contributed by atoms with van der Waals surface area (Å²) in [6, 6.07) is 12.9. The van der Waals surface area contributed by atoms with E-state index in [0.717, 1.165) is 11.3 Å². The zero-order valence-electron chi connectivity index (χ0n) is 14.7. The van der Waals surface area contributed by atoms with Gasteiger partial charge in [-0.15, -0.1) is 0 Å². The first-order chi connectivity index (χ1) is 13.2. The fraction of sp³-hybridized carbons (Fsp3) is 0.105. The molecule has 0 aliphatic carbocycles. The molecule has 0 atom stereocenters. The lowest BCUT2D eigenvalue weighted by atomic mass is 10.2. The molecular weight excluding hydrogens is 366 g/mol. The van der Waals surface area contributed by atoms with Gasteiger partial charge in [0, 0.05) is 22.3 Å². The van der Waals surface area contributed by atoms with E-state index in [9.17, 15) is 0 Å². The van der Waals surface area contributed by atoms with Crippen molar-refractivity contribution in [3.05, 3.63) is 53.7 Å². The van der Waals surface area contributed by atoms with Crippen LogP contribution >= 0.6 is 11.6 Å². The summed E-state index contributed by atoms with van der Waals surface area (Å²) >= 11 is 6.11. The van der Waals surface area contributed by atoms with Crippen LogP contribution in [0.1, 0.15) is 0 Å². The molecule has 0 fully saturated rings. The Morgan fingerprint density at radius 1 is 1.00 bits per heavy atom. The molecule has 2 aromatic carbocycles. The molecule has 136 valence electrons. The summed E-state index contributed by atoms with van der Waals surface area (Å²) in [7, 11) is 3.19. The third-order valence-corrected chi connectivity index (χ3v) is 4.26. The van der Waals surface area contributed by atoms with Crippen molar-refractivity contribution in [3.8, 4) is 22.9 Å². The molecule has 0 aliphatic rings. The van der Waals surface area contributed by atoms with Crippen molar-refractivity contribution in [1.29, 1.82) is 0 Å². The van der Waals surface area contributed by atoms with E-state index in [1.807, 2.05) is 42.5 Å². The SMILES string of the molecule is COc1ccc(Nc2nc(-c3cccc(Cl)c3)nc3cn[nH]c23)cc1OC. The Kier molecular flexibility index (Phi) is 4.52. The predicted molar refractivity (Wildman–Crippen MR) is 105 cm³/mol. The zero-order valence-corrected chi connectivity index (χ0v) is 15.4. The molecule has 0 radical (unpaired) electrons. The van der Waals surface area contributed by atoms with Crippen LogP contribution in [0, 0.1) is 0 Å². The highest BCUT2D eigenvalue weighted by Crippen LogP contribution is 2.32. The van der Waals surface area contributed by atoms with Gasteiger partial charge in [-0.25, -0.2) is 9.97 Å². The van der Waals surface area contributed by atoms with E-state index in [2.05, 4.69) is 25.5 Å². The zero-order chi connectivity index (χ0) is 18.8. The van der Waals surface area contributed by atoms with Crippen molar-refractivity contribution in [2.75, 3.05) is 19.5 Å². The van der Waals surface area contributed by atoms with Gasteiger partial charge >= 0.3 is 0 Å². The van der Waals surface area contributed by atoms with Crippen LogP contribution in [-0.2, 0) is 0 Å². The molecule has 2 aromatic heterocycles. The lowest BCUT2D eigenvalue weighted by Gasteiger charge is -2.12. The van der Waals surface area contributed by atoms with Crippen LogP contribution in [0.25, 0.3) is 22.4 Å². The van der Waals surface area contributed by atoms with Crippen molar-refractivity contribution in [3.63, 3.8) is 0 Å². The van der Waals surface area contributed by atoms with E-state index in [-0.39, 0.29) is 0 Å². The smallest absolute Gasteiger partial charge is 0.162 e. The van der Waals surface area contributed by atoms with Gasteiger partial charge < -0.3 is 14.8 Å². The molecule has 8 heteroatoms. The van der Waals surface area contributed by atoms with Gasteiger partial charge in [0.25, 0.3) is 0 Å². The number of benzene rings is 2. The molecule has 2 heterocycles. The van der Waals surface area contributed by atoms with Gasteiger partial charge in [-0.3, -0.25) is 5.10 Å². The van der Waals surface area contributed by atoms with Gasteiger partial charge in [0.1, 0.15) is 11.0 Å². The van der Waals surface area contributed by atoms with Gasteiger partial charge in [0.2, 0.25) is 0 Å². The second kappa shape index (κ2) is 7.13. The molecule has 0 bridgehead atoms. The van der Waals surface area contributed by atoms with E-state index in [1.165, 1.54) is 0 Å². The monoisotopic (exact) mass is 381 g/mol. The molecule has 0 saturated heterocycles. The molecule has 4 rings (SSSR count). The fourth-order valence-corrected chi connectivity index (χ4v) is 2.93. The summed E-state index contributed by atoms with van der Waals surface area (Å²) in [5.41, 5.74) is 3.01. The van der Waals surface area contributed by atoms with Crippen LogP contribution in [0.5, 0.6) is 11.5 Å². The number of ether oxygens (including phenoxy) is 2. The van der Waals surface area contributed by atoms with Crippen LogP contribution < -0.4 is 14.8 Å². The van der Waals surface area contributed by atoms with Crippen LogP contribution in [0.3, 0.4) is 0 Å². The molecule has 0 saturated carbocycles. The number of H-pyrrole nitrogens is 1. The summed E-state index contributed by atoms with van der Waals surface area (Å²) in [6.07, 6.45) is 1.66. The number of hydrogen-bond donors (Lipinski definition) is 2. The number of aromatic amines is 1. The molecule has 0 amide bonds. The maximum atomic E-state index is 6.11. The van der Waals surface area contributed by atoms with Crippen molar-refractivity contribution in [2.24, 2.45) is 0 Å². The summed E-state index contributed by atoms with van der Waals surface area (Å²) in [5, 5.41) is 10.9. The highest BCUT2D eigenvalue weighted by atomic mass is 35.5. The van der Waals surface area contributed by atoms with Crippen molar-refractivity contribution in [2.45, 2.75) is 0 Å². The fourth-order valence-electron chi connectivity index (χ4n) is 2.74. The lowest BCUT2D eigenvalue weighted by Crippen LogP contribution is -2.00. The van der Waals surface area contributed by atoms with Gasteiger partial charge in [-0.2, -0.15) is 5.10 Å². The number of halogens is 1. The average molecular weight is 382 g/mol. The number of fused-ring (bicyclic) bond motifs is 1. The predicted octanol–water partition coefficient (Wildman–Crippen LogP) is 4.43. The molecule has 7 nitrogen and oxygen atoms in total. The molecule has 27 heavy (non-hydrogen) atoms. The minimum absolute atomic E-state index is 0.550. The Morgan fingerprint density at radius 3 is 2.63 bits per heavy atom. The summed E-state index contributed by atoms with van der Waals surface area (Å²) in [4.78, 5) is 9.22. The Bertz CT molecular complexity index is 1110. The Balaban J connectivity index is 1.78. The third kappa shape index (κ3) is 3.37. The minimum Gasteiger partial charge on any atom is -0.493 e. The Morgan fingerprint density at radius 2 is 1.85 bits per heavy atom. The summed E-state index contributed by atoms with van der Waals surface area (Å²) in [6.45, 7) is 0. The first-order valence-electron chi connectivity index (χ1n) is 8.14. The summed E-state index contributed by atoms with van der Waals surface area (Å²) in [5.74, 6) is 2.42. The molecule has 0 spiro atoms. The van der Waals surface area contributed by atoms with E-state index in [1.54, 1.807) is 20.4 Å². The average Bonchev–Trinajstić information content (AvgIpc) is 3.17. The number of methoxy groups -OCH3 is 2. The largest absolute Gasteiger partial charge is 0.493 e. The van der Waals surface area contributed by atoms with E-state index < -0.39 is 0 Å². The highest BCUT2D eigenvalue weighted by molar-refractivity contribution is 6.30. The van der Waals surface area contributed by atoms with Gasteiger partial charge in [-0.05, 0) is 24.3 Å². The maximum absolute atomic E-state index is 6.11. The van der Waals surface area contributed by atoms with Crippen LogP contribution in [0.4, 0.5) is 11.5 Å². The number of nitrogens with zero attached hydrogens (tertiary/aromatic N) is 3. The second-order valence-corrected chi connectivity index (χ2v) is 6.17. The minimum atomic E-state index is 0.550. The Labute approximate surface area is 160 Å². The number of rotatable bonds is 5. The van der Waals surface area contributed by atoms with Crippen molar-refractivity contribution >= 4 is 34.1 Å². The molecular formula is C19H16ClN5O2. The number of anilines is 2. The summed E-state index contributed by atoms with van der Waals surface area (Å²) < 4.78 is 10.6. The molecule has 0 unspecified atom stereocenters. The second-order valence-electron chi connectivity index (χ2n) is 5.73. The number of hydrogen-bond acceptors (Lipinski definition) is 6. The normalized spacial score (nSPS) is 10.8. The van der Waals surface area contributed by atoms with Crippen LogP contribution in [-0.4, -0.2) is 34.4 Å². The number of nitrogens with one attached hydrogen (secondary N) is 2. The van der Waals surface area contributed by atoms with E-state index >= 15 is 0 Å². The van der Waals surface area contributed by atoms with Crippen molar-refractivity contribution < 1.29 is 9.47 Å². The highest BCUT2D eigenvalue weighted by Gasteiger charge is 2.13. The lowest BCUT2D eigenvalue weighted by molar-refractivity contribution is 0.355. The van der Waals surface area contributed by atoms with Crippen LogP contribution in [0.15, 0.2) is 48.7 Å². The van der Waals surface area contributed by atoms with Gasteiger partial charge in [-0.1, -0.05) is 23.7 Å². The van der Waals surface area contributed by atoms with Gasteiger partial charge in [0.15, 0.2) is 23.1 Å². The topological polar surface area (TPSA) is 85.0 Å². The van der Waals surface area contributed by atoms with Crippen LogP contribution in [0.2, 0.25) is 5.02 Å². The standard InChI is InChI=1S/C19H16ClN5O2/c1-26-15-7-6-13(9-16(15)27-2)22-19-17-14(10-21-25-17)23-18(24-19)11-4-3-5-12(20)8-11/h3-10H,1-2H3,(H,21,25)(H,22,23,24). The molecule has 4 aromatic rings. The Hall–Kier alpha value is -3.32. The van der Waals surface area contributed by atoms with Gasteiger partial charge in [0.05, 0.1) is 20.4 Å². The van der Waals surface area contributed by atoms with E-state index in [4.69, 9.17) is 21.1 Å². The van der Waals surface area contributed by atoms with E-state index in [0.29, 0.717) is 39.2 Å². The maximum Gasteiger partial charge on any atom is 0.162 e. The third-order valence-electron chi connectivity index (χ3n) is 4.03. The van der Waals surface area contributed by atoms with Crippen molar-refractivity contribution in [1.82, 2.24) is 20.2 Å². The first-order valence-corrected chi connectivity index (χ1v) is 8.52.